The smallest absolute Gasteiger partial charge is 0.135 e. The number of nitrogens with one attached hydrogen (secondary N) is 1. The van der Waals surface area contributed by atoms with Crippen LogP contribution in [-0.4, -0.2) is 9.97 Å². The molecule has 0 amide bonds. The molecule has 0 atom stereocenters. The maximum atomic E-state index is 12.9. The average Bonchev–Trinajstić information content (AvgIpc) is 2.21. The minimum atomic E-state index is -0.259. The van der Waals surface area contributed by atoms with Gasteiger partial charge in [-0.05, 0) is 37.6 Å². The van der Waals surface area contributed by atoms with Crippen LogP contribution in [0.15, 0.2) is 24.3 Å². The van der Waals surface area contributed by atoms with Crippen molar-refractivity contribution in [3.63, 3.8) is 0 Å². The summed E-state index contributed by atoms with van der Waals surface area (Å²) in [5.74, 6) is 0.918. The first-order chi connectivity index (χ1) is 8.04. The Morgan fingerprint density at radius 1 is 1.18 bits per heavy atom. The molecule has 1 heterocycles. The Kier molecular flexibility index (Phi) is 3.24. The third kappa shape index (κ3) is 2.91. The number of anilines is 2. The van der Waals surface area contributed by atoms with Crippen molar-refractivity contribution in [3.05, 3.63) is 46.6 Å². The SMILES string of the molecule is Cc1nc(Cl)cc(Nc2ccc(F)cc2C)n1. The molecule has 3 nitrogen and oxygen atoms in total. The number of nitrogens with zero attached hydrogens (tertiary/aromatic N) is 2. The van der Waals surface area contributed by atoms with Crippen LogP contribution in [0.4, 0.5) is 15.9 Å². The summed E-state index contributed by atoms with van der Waals surface area (Å²) in [4.78, 5) is 8.16. The highest BCUT2D eigenvalue weighted by Gasteiger charge is 2.03. The van der Waals surface area contributed by atoms with Gasteiger partial charge in [0.2, 0.25) is 0 Å². The van der Waals surface area contributed by atoms with E-state index < -0.39 is 0 Å². The largest absolute Gasteiger partial charge is 0.340 e. The number of aromatic nitrogens is 2. The Balaban J connectivity index is 2.31. The standard InChI is InChI=1S/C12H11ClFN3/c1-7-5-9(14)3-4-10(7)17-12-6-11(13)15-8(2)16-12/h3-6H,1-2H3,(H,15,16,17). The molecule has 1 aromatic carbocycles. The fraction of sp³-hybridized carbons (Fsp3) is 0.167. The van der Waals surface area contributed by atoms with E-state index in [0.717, 1.165) is 11.3 Å². The molecule has 2 rings (SSSR count). The lowest BCUT2D eigenvalue weighted by atomic mass is 10.2. The molecule has 0 fully saturated rings. The van der Waals surface area contributed by atoms with Gasteiger partial charge in [-0.15, -0.1) is 0 Å². The van der Waals surface area contributed by atoms with Crippen LogP contribution in [0.25, 0.3) is 0 Å². The lowest BCUT2D eigenvalue weighted by Gasteiger charge is -2.09. The Labute approximate surface area is 104 Å². The highest BCUT2D eigenvalue weighted by atomic mass is 35.5. The summed E-state index contributed by atoms with van der Waals surface area (Å²) in [6, 6.07) is 6.14. The normalized spacial score (nSPS) is 10.4. The first kappa shape index (κ1) is 11.8. The van der Waals surface area contributed by atoms with Crippen LogP contribution in [0, 0.1) is 19.7 Å². The summed E-state index contributed by atoms with van der Waals surface area (Å²) < 4.78 is 12.9. The minimum absolute atomic E-state index is 0.259. The van der Waals surface area contributed by atoms with Crippen LogP contribution in [-0.2, 0) is 0 Å². The summed E-state index contributed by atoms with van der Waals surface area (Å²) in [6.45, 7) is 3.58. The quantitative estimate of drug-likeness (QED) is 0.829. The fourth-order valence-electron chi connectivity index (χ4n) is 1.50. The lowest BCUT2D eigenvalue weighted by molar-refractivity contribution is 0.627. The highest BCUT2D eigenvalue weighted by molar-refractivity contribution is 6.29. The molecule has 17 heavy (non-hydrogen) atoms. The molecule has 2 aromatic rings. The summed E-state index contributed by atoms with van der Waals surface area (Å²) in [5, 5.41) is 3.45. The van der Waals surface area contributed by atoms with Crippen molar-refractivity contribution in [3.8, 4) is 0 Å². The van der Waals surface area contributed by atoms with Gasteiger partial charge in [0.15, 0.2) is 0 Å². The highest BCUT2D eigenvalue weighted by Crippen LogP contribution is 2.21. The van der Waals surface area contributed by atoms with Gasteiger partial charge in [0.1, 0.15) is 22.6 Å². The third-order valence-electron chi connectivity index (χ3n) is 2.26. The second-order valence-electron chi connectivity index (χ2n) is 3.71. The van der Waals surface area contributed by atoms with Crippen LogP contribution in [0.2, 0.25) is 5.15 Å². The number of aryl methyl sites for hydroxylation is 2. The number of halogens is 2. The van der Waals surface area contributed by atoms with Gasteiger partial charge in [-0.3, -0.25) is 0 Å². The van der Waals surface area contributed by atoms with Crippen LogP contribution >= 0.6 is 11.6 Å². The number of hydrogen-bond acceptors (Lipinski definition) is 3. The maximum Gasteiger partial charge on any atom is 0.135 e. The number of benzene rings is 1. The Hall–Kier alpha value is -1.68. The Morgan fingerprint density at radius 2 is 1.94 bits per heavy atom. The van der Waals surface area contributed by atoms with E-state index in [-0.39, 0.29) is 5.82 Å². The van der Waals surface area contributed by atoms with Gasteiger partial charge in [-0.1, -0.05) is 11.6 Å². The van der Waals surface area contributed by atoms with E-state index in [0.29, 0.717) is 16.8 Å². The van der Waals surface area contributed by atoms with Crippen molar-refractivity contribution in [1.82, 2.24) is 9.97 Å². The van der Waals surface area contributed by atoms with Gasteiger partial charge < -0.3 is 5.32 Å². The van der Waals surface area contributed by atoms with Gasteiger partial charge in [0.05, 0.1) is 0 Å². The summed E-state index contributed by atoms with van der Waals surface area (Å²) in [7, 11) is 0. The molecule has 0 aliphatic heterocycles. The summed E-state index contributed by atoms with van der Waals surface area (Å²) in [5.41, 5.74) is 1.60. The van der Waals surface area contributed by atoms with E-state index in [9.17, 15) is 4.39 Å². The molecular weight excluding hydrogens is 241 g/mol. The molecular formula is C12H11ClFN3. The molecule has 0 saturated heterocycles. The maximum absolute atomic E-state index is 12.9. The van der Waals surface area contributed by atoms with E-state index in [1.165, 1.54) is 12.1 Å². The van der Waals surface area contributed by atoms with E-state index in [1.807, 2.05) is 6.92 Å². The van der Waals surface area contributed by atoms with Crippen LogP contribution < -0.4 is 5.32 Å². The molecule has 0 spiro atoms. The molecule has 1 aromatic heterocycles. The molecule has 0 aliphatic carbocycles. The van der Waals surface area contributed by atoms with Crippen molar-refractivity contribution >= 4 is 23.1 Å². The van der Waals surface area contributed by atoms with Crippen LogP contribution in [0.3, 0.4) is 0 Å². The molecule has 0 bridgehead atoms. The van der Waals surface area contributed by atoms with Gasteiger partial charge in [0, 0.05) is 11.8 Å². The van der Waals surface area contributed by atoms with Crippen LogP contribution in [0.1, 0.15) is 11.4 Å². The van der Waals surface area contributed by atoms with Crippen molar-refractivity contribution in [2.75, 3.05) is 5.32 Å². The van der Waals surface area contributed by atoms with Crippen LogP contribution in [0.5, 0.6) is 0 Å². The molecule has 88 valence electrons. The van der Waals surface area contributed by atoms with Gasteiger partial charge in [0.25, 0.3) is 0 Å². The van der Waals surface area contributed by atoms with E-state index in [4.69, 9.17) is 11.6 Å². The van der Waals surface area contributed by atoms with Gasteiger partial charge >= 0.3 is 0 Å². The molecule has 0 saturated carbocycles. The zero-order valence-electron chi connectivity index (χ0n) is 9.46. The molecule has 5 heteroatoms. The average molecular weight is 252 g/mol. The first-order valence-electron chi connectivity index (χ1n) is 5.09. The van der Waals surface area contributed by atoms with Crippen molar-refractivity contribution in [1.29, 1.82) is 0 Å². The van der Waals surface area contributed by atoms with Gasteiger partial charge in [-0.25, -0.2) is 14.4 Å². The number of hydrogen-bond donors (Lipinski definition) is 1. The Morgan fingerprint density at radius 3 is 2.59 bits per heavy atom. The topological polar surface area (TPSA) is 37.8 Å². The molecule has 0 aliphatic rings. The predicted molar refractivity (Wildman–Crippen MR) is 66.2 cm³/mol. The zero-order valence-corrected chi connectivity index (χ0v) is 10.2. The second kappa shape index (κ2) is 4.67. The molecule has 0 unspecified atom stereocenters. The Bertz CT molecular complexity index is 537. The predicted octanol–water partition coefficient (Wildman–Crippen LogP) is 3.63. The van der Waals surface area contributed by atoms with Crippen molar-refractivity contribution in [2.24, 2.45) is 0 Å². The fourth-order valence-corrected chi connectivity index (χ4v) is 1.73. The van der Waals surface area contributed by atoms with E-state index >= 15 is 0 Å². The van der Waals surface area contributed by atoms with Crippen molar-refractivity contribution < 1.29 is 4.39 Å². The first-order valence-corrected chi connectivity index (χ1v) is 5.47. The van der Waals surface area contributed by atoms with Crippen molar-refractivity contribution in [2.45, 2.75) is 13.8 Å². The van der Waals surface area contributed by atoms with Gasteiger partial charge in [-0.2, -0.15) is 0 Å². The minimum Gasteiger partial charge on any atom is -0.340 e. The zero-order chi connectivity index (χ0) is 12.4. The summed E-state index contributed by atoms with van der Waals surface area (Å²) >= 11 is 5.83. The van der Waals surface area contributed by atoms with E-state index in [2.05, 4.69) is 15.3 Å². The molecule has 1 N–H and O–H groups in total. The monoisotopic (exact) mass is 251 g/mol. The molecule has 0 radical (unpaired) electrons. The number of rotatable bonds is 2. The lowest BCUT2D eigenvalue weighted by Crippen LogP contribution is -1.99. The third-order valence-corrected chi connectivity index (χ3v) is 2.45. The second-order valence-corrected chi connectivity index (χ2v) is 4.09. The van der Waals surface area contributed by atoms with E-state index in [1.54, 1.807) is 19.1 Å². The summed E-state index contributed by atoms with van der Waals surface area (Å²) in [6.07, 6.45) is 0.